The standard InChI is InChI=1S/C12H20BrN3O2S2/c1-14-8-10-7-11(12(13)19-10)20(17,18)15-5-6-16(2)9-3-4-9/h7,9,14-15H,3-6,8H2,1-2H3. The fourth-order valence-corrected chi connectivity index (χ4v) is 5.69. The Kier molecular flexibility index (Phi) is 5.61. The molecule has 1 saturated carbocycles. The molecule has 0 atom stereocenters. The smallest absolute Gasteiger partial charge is 0.242 e. The van der Waals surface area contributed by atoms with E-state index in [1.807, 2.05) is 14.1 Å². The third kappa shape index (κ3) is 4.25. The fraction of sp³-hybridized carbons (Fsp3) is 0.667. The molecule has 8 heteroatoms. The van der Waals surface area contributed by atoms with Gasteiger partial charge in [0.25, 0.3) is 0 Å². The van der Waals surface area contributed by atoms with Gasteiger partial charge in [-0.05, 0) is 48.9 Å². The Labute approximate surface area is 132 Å². The predicted molar refractivity (Wildman–Crippen MR) is 85.6 cm³/mol. The van der Waals surface area contributed by atoms with Crippen molar-refractivity contribution in [2.24, 2.45) is 0 Å². The number of hydrogen-bond donors (Lipinski definition) is 2. The summed E-state index contributed by atoms with van der Waals surface area (Å²) in [5.74, 6) is 0. The van der Waals surface area contributed by atoms with Gasteiger partial charge in [-0.3, -0.25) is 0 Å². The summed E-state index contributed by atoms with van der Waals surface area (Å²) in [6, 6.07) is 2.37. The molecular formula is C12H20BrN3O2S2. The van der Waals surface area contributed by atoms with E-state index in [1.54, 1.807) is 6.07 Å². The summed E-state index contributed by atoms with van der Waals surface area (Å²) in [6.45, 7) is 1.86. The van der Waals surface area contributed by atoms with Crippen molar-refractivity contribution in [1.29, 1.82) is 0 Å². The van der Waals surface area contributed by atoms with Crippen LogP contribution in [0.4, 0.5) is 0 Å². The molecule has 2 rings (SSSR count). The quantitative estimate of drug-likeness (QED) is 0.717. The molecule has 0 aromatic carbocycles. The van der Waals surface area contributed by atoms with Gasteiger partial charge in [0.1, 0.15) is 4.90 Å². The number of halogens is 1. The SMILES string of the molecule is CNCc1cc(S(=O)(=O)NCCN(C)C2CC2)c(Br)s1. The van der Waals surface area contributed by atoms with Crippen molar-refractivity contribution in [3.8, 4) is 0 Å². The number of hydrogen-bond acceptors (Lipinski definition) is 5. The molecule has 114 valence electrons. The molecule has 20 heavy (non-hydrogen) atoms. The summed E-state index contributed by atoms with van der Waals surface area (Å²) in [5.41, 5.74) is 0. The summed E-state index contributed by atoms with van der Waals surface area (Å²) in [6.07, 6.45) is 2.46. The number of sulfonamides is 1. The van der Waals surface area contributed by atoms with Gasteiger partial charge in [0.2, 0.25) is 10.0 Å². The van der Waals surface area contributed by atoms with Gasteiger partial charge in [-0.1, -0.05) is 0 Å². The first-order valence-electron chi connectivity index (χ1n) is 6.56. The van der Waals surface area contributed by atoms with E-state index in [0.717, 1.165) is 11.4 Å². The molecular weight excluding hydrogens is 362 g/mol. The van der Waals surface area contributed by atoms with E-state index in [0.29, 0.717) is 27.8 Å². The van der Waals surface area contributed by atoms with Crippen LogP contribution in [0.3, 0.4) is 0 Å². The molecule has 1 aliphatic carbocycles. The Bertz CT molecular complexity index is 555. The Hall–Kier alpha value is 0.01000. The van der Waals surface area contributed by atoms with Crippen LogP contribution in [-0.4, -0.2) is 46.5 Å². The lowest BCUT2D eigenvalue weighted by molar-refractivity contribution is 0.329. The van der Waals surface area contributed by atoms with E-state index >= 15 is 0 Å². The molecule has 5 nitrogen and oxygen atoms in total. The topological polar surface area (TPSA) is 61.4 Å². The number of likely N-dealkylation sites (N-methyl/N-ethyl adjacent to an activating group) is 1. The van der Waals surface area contributed by atoms with Crippen LogP contribution in [0.5, 0.6) is 0 Å². The van der Waals surface area contributed by atoms with Crippen molar-refractivity contribution in [2.75, 3.05) is 27.2 Å². The van der Waals surface area contributed by atoms with Gasteiger partial charge in [-0.25, -0.2) is 13.1 Å². The summed E-state index contributed by atoms with van der Waals surface area (Å²) >= 11 is 4.78. The third-order valence-electron chi connectivity index (χ3n) is 3.27. The summed E-state index contributed by atoms with van der Waals surface area (Å²) in [5, 5.41) is 3.02. The molecule has 1 aromatic rings. The third-order valence-corrected chi connectivity index (χ3v) is 6.99. The predicted octanol–water partition coefficient (Wildman–Crippen LogP) is 1.60. The summed E-state index contributed by atoms with van der Waals surface area (Å²) in [4.78, 5) is 3.54. The molecule has 0 unspecified atom stereocenters. The first kappa shape index (κ1) is 16.4. The van der Waals surface area contributed by atoms with Crippen molar-refractivity contribution in [3.63, 3.8) is 0 Å². The van der Waals surface area contributed by atoms with Gasteiger partial charge in [0, 0.05) is 30.6 Å². The molecule has 1 aromatic heterocycles. The van der Waals surface area contributed by atoms with E-state index in [1.165, 1.54) is 24.2 Å². The molecule has 1 aliphatic rings. The van der Waals surface area contributed by atoms with E-state index in [-0.39, 0.29) is 0 Å². The van der Waals surface area contributed by atoms with Gasteiger partial charge in [0.15, 0.2) is 0 Å². The molecule has 1 heterocycles. The molecule has 1 fully saturated rings. The molecule has 0 radical (unpaired) electrons. The molecule has 0 aliphatic heterocycles. The Morgan fingerprint density at radius 1 is 1.50 bits per heavy atom. The van der Waals surface area contributed by atoms with E-state index in [9.17, 15) is 8.42 Å². The molecule has 2 N–H and O–H groups in total. The van der Waals surface area contributed by atoms with Crippen molar-refractivity contribution >= 4 is 37.3 Å². The lowest BCUT2D eigenvalue weighted by atomic mass is 10.5. The lowest BCUT2D eigenvalue weighted by Gasteiger charge is -2.15. The molecule has 0 spiro atoms. The van der Waals surface area contributed by atoms with Crippen molar-refractivity contribution in [2.45, 2.75) is 30.3 Å². The van der Waals surface area contributed by atoms with Crippen molar-refractivity contribution < 1.29 is 8.42 Å². The molecule has 0 amide bonds. The zero-order valence-corrected chi connectivity index (χ0v) is 14.9. The average molecular weight is 382 g/mol. The van der Waals surface area contributed by atoms with Gasteiger partial charge >= 0.3 is 0 Å². The molecule has 0 bridgehead atoms. The first-order chi connectivity index (χ1) is 9.44. The van der Waals surface area contributed by atoms with Crippen LogP contribution in [0, 0.1) is 0 Å². The average Bonchev–Trinajstić information content (AvgIpc) is 3.14. The normalized spacial score (nSPS) is 16.0. The second-order valence-electron chi connectivity index (χ2n) is 4.99. The van der Waals surface area contributed by atoms with Crippen LogP contribution >= 0.6 is 27.3 Å². The zero-order chi connectivity index (χ0) is 14.8. The van der Waals surface area contributed by atoms with Crippen LogP contribution in [0.1, 0.15) is 17.7 Å². The van der Waals surface area contributed by atoms with Crippen LogP contribution < -0.4 is 10.0 Å². The minimum atomic E-state index is -3.43. The highest BCUT2D eigenvalue weighted by Gasteiger charge is 2.26. The molecule has 0 saturated heterocycles. The maximum Gasteiger partial charge on any atom is 0.242 e. The number of thiophene rings is 1. The monoisotopic (exact) mass is 381 g/mol. The first-order valence-corrected chi connectivity index (χ1v) is 9.66. The fourth-order valence-electron chi connectivity index (χ4n) is 1.97. The van der Waals surface area contributed by atoms with Crippen LogP contribution in [-0.2, 0) is 16.6 Å². The minimum Gasteiger partial charge on any atom is -0.315 e. The van der Waals surface area contributed by atoms with E-state index < -0.39 is 10.0 Å². The maximum absolute atomic E-state index is 12.3. The lowest BCUT2D eigenvalue weighted by Crippen LogP contribution is -2.33. The van der Waals surface area contributed by atoms with Gasteiger partial charge in [-0.15, -0.1) is 11.3 Å². The van der Waals surface area contributed by atoms with E-state index in [2.05, 4.69) is 30.9 Å². The second-order valence-corrected chi connectivity index (χ2v) is 9.18. The number of nitrogens with zero attached hydrogens (tertiary/aromatic N) is 1. The second kappa shape index (κ2) is 6.85. The maximum atomic E-state index is 12.3. The Balaban J connectivity index is 1.94. The zero-order valence-electron chi connectivity index (χ0n) is 11.6. The van der Waals surface area contributed by atoms with Crippen LogP contribution in [0.2, 0.25) is 0 Å². The van der Waals surface area contributed by atoms with Gasteiger partial charge in [-0.2, -0.15) is 0 Å². The van der Waals surface area contributed by atoms with Crippen LogP contribution in [0.15, 0.2) is 14.7 Å². The Morgan fingerprint density at radius 2 is 2.20 bits per heavy atom. The summed E-state index contributed by atoms with van der Waals surface area (Å²) < 4.78 is 27.9. The largest absolute Gasteiger partial charge is 0.315 e. The number of rotatable bonds is 8. The van der Waals surface area contributed by atoms with Crippen molar-refractivity contribution in [3.05, 3.63) is 14.7 Å². The number of nitrogens with one attached hydrogen (secondary N) is 2. The highest BCUT2D eigenvalue weighted by atomic mass is 79.9. The highest BCUT2D eigenvalue weighted by Crippen LogP contribution is 2.31. The van der Waals surface area contributed by atoms with Crippen molar-refractivity contribution in [1.82, 2.24) is 14.9 Å². The highest BCUT2D eigenvalue weighted by molar-refractivity contribution is 9.11. The van der Waals surface area contributed by atoms with Crippen LogP contribution in [0.25, 0.3) is 0 Å². The van der Waals surface area contributed by atoms with Gasteiger partial charge < -0.3 is 10.2 Å². The Morgan fingerprint density at radius 3 is 2.80 bits per heavy atom. The van der Waals surface area contributed by atoms with E-state index in [4.69, 9.17) is 0 Å². The minimum absolute atomic E-state index is 0.335. The summed E-state index contributed by atoms with van der Waals surface area (Å²) in [7, 11) is 0.450. The van der Waals surface area contributed by atoms with Gasteiger partial charge in [0.05, 0.1) is 3.79 Å².